The number of carbonyl (C=O) groups excluding carboxylic acids is 2. The molecule has 144 valence electrons. The maximum Gasteiger partial charge on any atom is 0.330 e. The zero-order valence-corrected chi connectivity index (χ0v) is 17.5. The largest absolute Gasteiger partial charge is 0.417 e. The first-order valence-electron chi connectivity index (χ1n) is 9.69. The highest BCUT2D eigenvalue weighted by molar-refractivity contribution is 6.72. The third-order valence-corrected chi connectivity index (χ3v) is 9.41. The minimum Gasteiger partial charge on any atom is -0.417 e. The van der Waals surface area contributed by atoms with Gasteiger partial charge in [0.1, 0.15) is 0 Å². The smallest absolute Gasteiger partial charge is 0.330 e. The number of carbonyl (C=O) groups is 2. The van der Waals surface area contributed by atoms with Crippen molar-refractivity contribution in [1.82, 2.24) is 19.6 Å². The minimum atomic E-state index is -1.60. The molecule has 2 aliphatic rings. The van der Waals surface area contributed by atoms with Gasteiger partial charge in [-0.3, -0.25) is 14.7 Å². The van der Waals surface area contributed by atoms with Crippen LogP contribution in [0.25, 0.3) is 0 Å². The molecule has 8 heteroatoms. The molecule has 0 aromatic carbocycles. The van der Waals surface area contributed by atoms with Gasteiger partial charge in [0, 0.05) is 39.3 Å². The Morgan fingerprint density at radius 2 is 1.80 bits per heavy atom. The Hall–Kier alpha value is -1.12. The standard InChI is InChI=1S/C17H34N4O3Si/c1-6-19-15-18(11-10-14-25(5,9-4)24-8-3)12-13-21(15)17(23)20(7-2)16(19)22/h15H,6-14H2,1-5H3. The summed E-state index contributed by atoms with van der Waals surface area (Å²) < 4.78 is 6.04. The lowest BCUT2D eigenvalue weighted by molar-refractivity contribution is -0.00661. The van der Waals surface area contributed by atoms with Crippen LogP contribution in [0, 0.1) is 0 Å². The molecule has 0 N–H and O–H groups in total. The molecule has 7 nitrogen and oxygen atoms in total. The van der Waals surface area contributed by atoms with E-state index in [0.717, 1.165) is 38.2 Å². The first-order chi connectivity index (χ1) is 11.9. The number of amides is 4. The van der Waals surface area contributed by atoms with E-state index in [2.05, 4.69) is 25.3 Å². The summed E-state index contributed by atoms with van der Waals surface area (Å²) in [5.41, 5.74) is 0. The van der Waals surface area contributed by atoms with Gasteiger partial charge in [-0.05, 0) is 45.8 Å². The van der Waals surface area contributed by atoms with Gasteiger partial charge in [0.2, 0.25) is 0 Å². The van der Waals surface area contributed by atoms with Crippen LogP contribution in [-0.2, 0) is 4.43 Å². The monoisotopic (exact) mass is 370 g/mol. The Labute approximate surface area is 153 Å². The highest BCUT2D eigenvalue weighted by atomic mass is 28.4. The quantitative estimate of drug-likeness (QED) is 0.586. The first-order valence-corrected chi connectivity index (χ1v) is 12.5. The summed E-state index contributed by atoms with van der Waals surface area (Å²) in [6.07, 6.45) is 0.840. The van der Waals surface area contributed by atoms with Crippen LogP contribution in [0.5, 0.6) is 0 Å². The van der Waals surface area contributed by atoms with Crippen LogP contribution in [-0.4, -0.2) is 85.6 Å². The highest BCUT2D eigenvalue weighted by Gasteiger charge is 2.48. The molecule has 2 rings (SSSR count). The van der Waals surface area contributed by atoms with Crippen molar-refractivity contribution < 1.29 is 14.0 Å². The normalized spacial score (nSPS) is 24.0. The molecular weight excluding hydrogens is 336 g/mol. The zero-order chi connectivity index (χ0) is 18.6. The number of hydrogen-bond acceptors (Lipinski definition) is 4. The molecule has 0 radical (unpaired) electrons. The van der Waals surface area contributed by atoms with Gasteiger partial charge in [-0.2, -0.15) is 0 Å². The molecule has 0 spiro atoms. The molecule has 25 heavy (non-hydrogen) atoms. The zero-order valence-electron chi connectivity index (χ0n) is 16.5. The third kappa shape index (κ3) is 4.01. The van der Waals surface area contributed by atoms with Crippen molar-refractivity contribution in [2.24, 2.45) is 0 Å². The second-order valence-electron chi connectivity index (χ2n) is 7.01. The molecule has 2 saturated heterocycles. The molecule has 0 saturated carbocycles. The Kier molecular flexibility index (Phi) is 6.87. The predicted octanol–water partition coefficient (Wildman–Crippen LogP) is 2.81. The number of imide groups is 1. The summed E-state index contributed by atoms with van der Waals surface area (Å²) in [6, 6.07) is 1.94. The van der Waals surface area contributed by atoms with Crippen molar-refractivity contribution in [3.63, 3.8) is 0 Å². The molecule has 0 bridgehead atoms. The van der Waals surface area contributed by atoms with Crippen molar-refractivity contribution in [3.8, 4) is 0 Å². The lowest BCUT2D eigenvalue weighted by atomic mass is 10.3. The molecule has 4 amide bonds. The number of rotatable bonds is 9. The molecule has 2 unspecified atom stereocenters. The second-order valence-corrected chi connectivity index (χ2v) is 11.4. The van der Waals surface area contributed by atoms with Crippen LogP contribution in [0.2, 0.25) is 18.6 Å². The average Bonchev–Trinajstić information content (AvgIpc) is 3.00. The van der Waals surface area contributed by atoms with Gasteiger partial charge in [-0.15, -0.1) is 0 Å². The molecule has 2 heterocycles. The molecule has 2 fully saturated rings. The molecule has 2 atom stereocenters. The lowest BCUT2D eigenvalue weighted by Gasteiger charge is -2.45. The van der Waals surface area contributed by atoms with Crippen molar-refractivity contribution in [1.29, 1.82) is 0 Å². The van der Waals surface area contributed by atoms with Gasteiger partial charge < -0.3 is 4.43 Å². The van der Waals surface area contributed by atoms with Crippen molar-refractivity contribution in [2.45, 2.75) is 59.0 Å². The summed E-state index contributed by atoms with van der Waals surface area (Å²) in [6.45, 7) is 14.7. The fourth-order valence-corrected chi connectivity index (χ4v) is 6.17. The molecule has 2 aliphatic heterocycles. The van der Waals surface area contributed by atoms with Crippen LogP contribution in [0.3, 0.4) is 0 Å². The summed E-state index contributed by atoms with van der Waals surface area (Å²) in [4.78, 5) is 32.5. The summed E-state index contributed by atoms with van der Waals surface area (Å²) in [7, 11) is -1.60. The van der Waals surface area contributed by atoms with E-state index in [0.29, 0.717) is 19.6 Å². The van der Waals surface area contributed by atoms with Crippen molar-refractivity contribution in [3.05, 3.63) is 0 Å². The van der Waals surface area contributed by atoms with E-state index in [9.17, 15) is 9.59 Å². The highest BCUT2D eigenvalue weighted by Crippen LogP contribution is 2.27. The lowest BCUT2D eigenvalue weighted by Crippen LogP contribution is -2.67. The average molecular weight is 371 g/mol. The van der Waals surface area contributed by atoms with Gasteiger partial charge in [0.25, 0.3) is 0 Å². The van der Waals surface area contributed by atoms with Crippen LogP contribution < -0.4 is 0 Å². The molecule has 0 aromatic heterocycles. The molecule has 0 aliphatic carbocycles. The van der Waals surface area contributed by atoms with Crippen LogP contribution in [0.1, 0.15) is 34.1 Å². The first kappa shape index (κ1) is 20.2. The molecular formula is C17H34N4O3Si. The second kappa shape index (κ2) is 8.51. The summed E-state index contributed by atoms with van der Waals surface area (Å²) >= 11 is 0. The van der Waals surface area contributed by atoms with Gasteiger partial charge in [0.05, 0.1) is 0 Å². The molecule has 0 aromatic rings. The van der Waals surface area contributed by atoms with Crippen LogP contribution >= 0.6 is 0 Å². The van der Waals surface area contributed by atoms with E-state index in [-0.39, 0.29) is 18.4 Å². The topological polar surface area (TPSA) is 56.3 Å². The SMILES string of the molecule is CCO[Si](C)(CC)CCCN1CCN2C(=O)N(CC)C(=O)N(CC)C12. The van der Waals surface area contributed by atoms with E-state index in [1.54, 1.807) is 0 Å². The van der Waals surface area contributed by atoms with Gasteiger partial charge in [0.15, 0.2) is 14.6 Å². The van der Waals surface area contributed by atoms with Crippen molar-refractivity contribution in [2.75, 3.05) is 39.3 Å². The van der Waals surface area contributed by atoms with Crippen molar-refractivity contribution >= 4 is 20.4 Å². The predicted molar refractivity (Wildman–Crippen MR) is 101 cm³/mol. The fourth-order valence-electron chi connectivity index (χ4n) is 3.87. The van der Waals surface area contributed by atoms with Gasteiger partial charge in [-0.25, -0.2) is 14.5 Å². The Balaban J connectivity index is 2.02. The maximum atomic E-state index is 12.6. The number of hydrogen-bond donors (Lipinski definition) is 0. The summed E-state index contributed by atoms with van der Waals surface area (Å²) in [5.74, 6) is 0. The van der Waals surface area contributed by atoms with Crippen LogP contribution in [0.4, 0.5) is 9.59 Å². The van der Waals surface area contributed by atoms with E-state index in [1.807, 2.05) is 23.6 Å². The Bertz CT molecular complexity index is 493. The number of fused-ring (bicyclic) bond motifs is 1. The Morgan fingerprint density at radius 1 is 1.08 bits per heavy atom. The third-order valence-electron chi connectivity index (χ3n) is 5.51. The van der Waals surface area contributed by atoms with Gasteiger partial charge in [-0.1, -0.05) is 6.92 Å². The van der Waals surface area contributed by atoms with E-state index < -0.39 is 8.32 Å². The minimum absolute atomic E-state index is 0.146. The van der Waals surface area contributed by atoms with Crippen LogP contribution in [0.15, 0.2) is 0 Å². The summed E-state index contributed by atoms with van der Waals surface area (Å²) in [5, 5.41) is 0. The van der Waals surface area contributed by atoms with E-state index in [1.165, 1.54) is 4.90 Å². The van der Waals surface area contributed by atoms with E-state index in [4.69, 9.17) is 4.43 Å². The van der Waals surface area contributed by atoms with E-state index >= 15 is 0 Å². The number of nitrogens with zero attached hydrogens (tertiary/aromatic N) is 4. The maximum absolute atomic E-state index is 12.6. The fraction of sp³-hybridized carbons (Fsp3) is 0.882. The number of urea groups is 2. The van der Waals surface area contributed by atoms with Gasteiger partial charge >= 0.3 is 12.1 Å². The Morgan fingerprint density at radius 3 is 2.36 bits per heavy atom.